The van der Waals surface area contributed by atoms with E-state index in [2.05, 4.69) is 4.79 Å². The molecule has 0 saturated carbocycles. The largest absolute Gasteiger partial charge is 0.375 e. The minimum absolute atomic E-state index is 0.0195. The Morgan fingerprint density at radius 2 is 2.25 bits per heavy atom. The number of nitrogens with zero attached hydrogens (tertiary/aromatic N) is 2. The Morgan fingerprint density at radius 3 is 2.75 bits per heavy atom. The molecule has 7 heteroatoms. The van der Waals surface area contributed by atoms with Gasteiger partial charge >= 0.3 is 5.55 Å². The lowest BCUT2D eigenvalue weighted by Gasteiger charge is -2.19. The zero-order chi connectivity index (χ0) is 9.03. The van der Waals surface area contributed by atoms with Crippen molar-refractivity contribution in [2.24, 2.45) is 0 Å². The molecule has 1 atom stereocenters. The monoisotopic (exact) mass is 192 g/mol. The van der Waals surface area contributed by atoms with Crippen LogP contribution in [0.1, 0.15) is 0 Å². The van der Waals surface area contributed by atoms with Gasteiger partial charge in [0, 0.05) is 0 Å². The second-order valence-corrected chi connectivity index (χ2v) is 4.10. The molecule has 0 aromatic heterocycles. The van der Waals surface area contributed by atoms with Crippen LogP contribution in [-0.2, 0) is 19.3 Å². The number of hydrogen-bond acceptors (Lipinski definition) is 4. The van der Waals surface area contributed by atoms with Crippen LogP contribution in [0.15, 0.2) is 0 Å². The molecule has 1 heterocycles. The molecule has 0 N–H and O–H groups in total. The van der Waals surface area contributed by atoms with E-state index in [0.29, 0.717) is 12.2 Å². The molecule has 12 heavy (non-hydrogen) atoms. The van der Waals surface area contributed by atoms with Gasteiger partial charge in [0.2, 0.25) is 0 Å². The molecule has 0 aliphatic carbocycles. The second kappa shape index (κ2) is 3.77. The van der Waals surface area contributed by atoms with Crippen LogP contribution in [0.25, 0.3) is 5.53 Å². The summed E-state index contributed by atoms with van der Waals surface area (Å²) < 4.78 is 31.9. The minimum Gasteiger partial charge on any atom is -0.375 e. The molecule has 0 bridgehead atoms. The van der Waals surface area contributed by atoms with Crippen LogP contribution >= 0.6 is 0 Å². The molecule has 6 nitrogen and oxygen atoms in total. The maximum absolute atomic E-state index is 11.1. The van der Waals surface area contributed by atoms with Crippen molar-refractivity contribution in [1.82, 2.24) is 0 Å². The Labute approximate surface area is 69.6 Å². The standard InChI is InChI=1S/C5H8N2O4S/c6-7-4-12(8,9)5-3-10-1-2-11-5/h4-5H,1-3H2. The molecule has 1 rings (SSSR count). The van der Waals surface area contributed by atoms with E-state index in [-0.39, 0.29) is 13.2 Å². The highest BCUT2D eigenvalue weighted by atomic mass is 32.2. The molecular formula is C5H8N2O4S. The van der Waals surface area contributed by atoms with E-state index in [1.54, 1.807) is 0 Å². The molecule has 68 valence electrons. The van der Waals surface area contributed by atoms with Gasteiger partial charge in [0.05, 0.1) is 19.8 Å². The third-order valence-corrected chi connectivity index (χ3v) is 2.74. The minimum atomic E-state index is -3.62. The molecule has 0 radical (unpaired) electrons. The summed E-state index contributed by atoms with van der Waals surface area (Å²) in [7, 11) is -3.62. The van der Waals surface area contributed by atoms with Crippen LogP contribution in [0.3, 0.4) is 0 Å². The molecule has 0 aromatic carbocycles. The van der Waals surface area contributed by atoms with E-state index >= 15 is 0 Å². The van der Waals surface area contributed by atoms with Crippen LogP contribution in [-0.4, -0.2) is 44.0 Å². The quantitative estimate of drug-likeness (QED) is 0.244. The topological polar surface area (TPSA) is 89.0 Å². The summed E-state index contributed by atoms with van der Waals surface area (Å²) >= 11 is 0. The first-order valence-electron chi connectivity index (χ1n) is 3.27. The Morgan fingerprint density at radius 1 is 1.50 bits per heavy atom. The van der Waals surface area contributed by atoms with Crippen molar-refractivity contribution in [3.8, 4) is 0 Å². The Bertz CT molecular complexity index is 287. The molecular weight excluding hydrogens is 184 g/mol. The van der Waals surface area contributed by atoms with Crippen molar-refractivity contribution in [1.29, 1.82) is 0 Å². The van der Waals surface area contributed by atoms with E-state index in [1.807, 2.05) is 0 Å². The van der Waals surface area contributed by atoms with Gasteiger partial charge in [-0.2, -0.15) is 4.79 Å². The highest BCUT2D eigenvalue weighted by Crippen LogP contribution is 2.06. The van der Waals surface area contributed by atoms with Gasteiger partial charge in [-0.1, -0.05) is 0 Å². The fourth-order valence-corrected chi connectivity index (χ4v) is 1.63. The van der Waals surface area contributed by atoms with Crippen molar-refractivity contribution in [3.05, 3.63) is 5.53 Å². The molecule has 1 aliphatic rings. The zero-order valence-corrected chi connectivity index (χ0v) is 7.03. The molecule has 1 unspecified atom stereocenters. The first-order chi connectivity index (χ1) is 5.67. The predicted molar refractivity (Wildman–Crippen MR) is 39.2 cm³/mol. The number of sulfone groups is 1. The summed E-state index contributed by atoms with van der Waals surface area (Å²) in [6, 6.07) is 0. The predicted octanol–water partition coefficient (Wildman–Crippen LogP) is -0.968. The fraction of sp³-hybridized carbons (Fsp3) is 0.800. The van der Waals surface area contributed by atoms with Crippen molar-refractivity contribution in [3.63, 3.8) is 0 Å². The normalized spacial score (nSPS) is 24.5. The molecule has 1 fully saturated rings. The van der Waals surface area contributed by atoms with Gasteiger partial charge in [0.1, 0.15) is 0 Å². The van der Waals surface area contributed by atoms with E-state index < -0.39 is 15.3 Å². The van der Waals surface area contributed by atoms with Crippen molar-refractivity contribution in [2.75, 3.05) is 19.8 Å². The summed E-state index contributed by atoms with van der Waals surface area (Å²) in [5.41, 5.74) is 7.44. The molecule has 0 amide bonds. The van der Waals surface area contributed by atoms with Crippen LogP contribution in [0, 0.1) is 0 Å². The summed E-state index contributed by atoms with van der Waals surface area (Å²) in [5, 5.41) is 0. The third-order valence-electron chi connectivity index (χ3n) is 1.35. The average molecular weight is 192 g/mol. The highest BCUT2D eigenvalue weighted by Gasteiger charge is 2.30. The van der Waals surface area contributed by atoms with E-state index in [0.717, 1.165) is 0 Å². The summed E-state index contributed by atoms with van der Waals surface area (Å²) in [6.45, 7) is 0.611. The fourth-order valence-electron chi connectivity index (χ4n) is 0.789. The van der Waals surface area contributed by atoms with E-state index in [1.165, 1.54) is 0 Å². The van der Waals surface area contributed by atoms with Gasteiger partial charge in [-0.3, -0.25) is 0 Å². The van der Waals surface area contributed by atoms with Gasteiger partial charge in [-0.15, -0.1) is 0 Å². The van der Waals surface area contributed by atoms with Crippen LogP contribution in [0.5, 0.6) is 0 Å². The maximum Gasteiger partial charge on any atom is 0.372 e. The lowest BCUT2D eigenvalue weighted by atomic mass is 10.6. The first-order valence-corrected chi connectivity index (χ1v) is 4.88. The van der Waals surface area contributed by atoms with Gasteiger partial charge in [0.25, 0.3) is 9.84 Å². The van der Waals surface area contributed by atoms with Crippen LogP contribution in [0.4, 0.5) is 0 Å². The Hall–Kier alpha value is -0.750. The summed E-state index contributed by atoms with van der Waals surface area (Å²) in [4.78, 5) is 2.43. The summed E-state index contributed by atoms with van der Waals surface area (Å²) in [6.07, 6.45) is 0. The molecule has 1 saturated heterocycles. The number of rotatable bonds is 2. The lowest BCUT2D eigenvalue weighted by molar-refractivity contribution is -0.0537. The maximum atomic E-state index is 11.1. The Kier molecular flexibility index (Phi) is 2.93. The molecule has 0 aromatic rings. The Balaban J connectivity index is 2.73. The van der Waals surface area contributed by atoms with Crippen molar-refractivity contribution in [2.45, 2.75) is 5.44 Å². The summed E-state index contributed by atoms with van der Waals surface area (Å²) in [5.74, 6) is 0. The lowest BCUT2D eigenvalue weighted by Crippen LogP contribution is -2.36. The average Bonchev–Trinajstić information content (AvgIpc) is 2.06. The smallest absolute Gasteiger partial charge is 0.372 e. The highest BCUT2D eigenvalue weighted by molar-refractivity contribution is 8.04. The third kappa shape index (κ3) is 2.12. The van der Waals surface area contributed by atoms with Gasteiger partial charge in [-0.05, 0) is 0 Å². The van der Waals surface area contributed by atoms with E-state index in [4.69, 9.17) is 15.0 Å². The second-order valence-electron chi connectivity index (χ2n) is 2.19. The number of ether oxygens (including phenoxy) is 2. The zero-order valence-electron chi connectivity index (χ0n) is 6.21. The van der Waals surface area contributed by atoms with Crippen LogP contribution < -0.4 is 0 Å². The van der Waals surface area contributed by atoms with Crippen molar-refractivity contribution < 1.29 is 22.7 Å². The van der Waals surface area contributed by atoms with Crippen molar-refractivity contribution >= 4 is 15.4 Å². The first kappa shape index (κ1) is 9.34. The van der Waals surface area contributed by atoms with Gasteiger partial charge in [-0.25, -0.2) is 8.42 Å². The van der Waals surface area contributed by atoms with Crippen LogP contribution in [0.2, 0.25) is 0 Å². The SMILES string of the molecule is [N-]=[N+]=CS(=O)(=O)C1COCCO1. The van der Waals surface area contributed by atoms with Gasteiger partial charge < -0.3 is 15.0 Å². The molecule has 0 spiro atoms. The molecule has 1 aliphatic heterocycles. The van der Waals surface area contributed by atoms with E-state index in [9.17, 15) is 8.42 Å². The number of hydrogen-bond donors (Lipinski definition) is 0. The van der Waals surface area contributed by atoms with Gasteiger partial charge in [0.15, 0.2) is 5.44 Å².